The molecule has 22 heavy (non-hydrogen) atoms. The van der Waals surface area contributed by atoms with Gasteiger partial charge in [-0.05, 0) is 30.3 Å². The number of H-pyrrole nitrogens is 1. The Morgan fingerprint density at radius 2 is 1.86 bits per heavy atom. The van der Waals surface area contributed by atoms with Crippen molar-refractivity contribution in [1.29, 1.82) is 5.26 Å². The molecule has 0 saturated carbocycles. The maximum absolute atomic E-state index is 12.6. The summed E-state index contributed by atoms with van der Waals surface area (Å²) in [5, 5.41) is 10.8. The number of carbonyl (C=O) groups is 1. The van der Waals surface area contributed by atoms with Crippen molar-refractivity contribution in [3.05, 3.63) is 63.6 Å². The zero-order valence-electron chi connectivity index (χ0n) is 10.9. The van der Waals surface area contributed by atoms with Crippen LogP contribution in [-0.2, 0) is 6.18 Å². The predicted molar refractivity (Wildman–Crippen MR) is 71.2 cm³/mol. The number of nitriles is 1. The van der Waals surface area contributed by atoms with Gasteiger partial charge in [-0.15, -0.1) is 0 Å². The molecule has 0 fully saturated rings. The molecule has 2 rings (SSSR count). The van der Waals surface area contributed by atoms with E-state index in [0.29, 0.717) is 17.8 Å². The first-order valence-electron chi connectivity index (χ1n) is 5.92. The summed E-state index contributed by atoms with van der Waals surface area (Å²) in [4.78, 5) is 25.3. The van der Waals surface area contributed by atoms with Crippen molar-refractivity contribution in [3.8, 4) is 6.07 Å². The van der Waals surface area contributed by atoms with Gasteiger partial charge in [0.25, 0.3) is 11.5 Å². The van der Waals surface area contributed by atoms with Crippen LogP contribution in [0.5, 0.6) is 0 Å². The quantitative estimate of drug-likeness (QED) is 0.894. The number of anilines is 1. The van der Waals surface area contributed by atoms with E-state index in [1.54, 1.807) is 0 Å². The highest BCUT2D eigenvalue weighted by atomic mass is 19.4. The first-order chi connectivity index (χ1) is 10.3. The normalized spacial score (nSPS) is 10.8. The molecule has 8 heteroatoms. The topological polar surface area (TPSA) is 85.8 Å². The second-order valence-electron chi connectivity index (χ2n) is 4.27. The van der Waals surface area contributed by atoms with Gasteiger partial charge < -0.3 is 10.3 Å². The van der Waals surface area contributed by atoms with Crippen molar-refractivity contribution < 1.29 is 18.0 Å². The Bertz CT molecular complexity index is 802. The number of hydrogen-bond donors (Lipinski definition) is 2. The van der Waals surface area contributed by atoms with E-state index in [0.717, 1.165) is 0 Å². The lowest BCUT2D eigenvalue weighted by molar-refractivity contribution is -0.137. The molecular weight excluding hydrogens is 299 g/mol. The fraction of sp³-hybridized carbons (Fsp3) is 0.0714. The molecule has 0 aliphatic carbocycles. The molecule has 0 atom stereocenters. The Balaban J connectivity index is 2.28. The standard InChI is InChI=1S/C14H8F3N3O2/c15-14(16,17)10-5-11(13(22)19-7-10)20-12(21)9-3-1-8(6-18)2-4-9/h1-5,7H,(H,19,22)(H,20,21). The van der Waals surface area contributed by atoms with Crippen LogP contribution in [0.3, 0.4) is 0 Å². The molecule has 1 aromatic heterocycles. The van der Waals surface area contributed by atoms with Crippen molar-refractivity contribution in [2.45, 2.75) is 6.18 Å². The maximum Gasteiger partial charge on any atom is 0.417 e. The van der Waals surface area contributed by atoms with Crippen LogP contribution < -0.4 is 10.9 Å². The average Bonchev–Trinajstić information content (AvgIpc) is 2.48. The number of carbonyl (C=O) groups excluding carboxylic acids is 1. The summed E-state index contributed by atoms with van der Waals surface area (Å²) in [6.45, 7) is 0. The fourth-order valence-electron chi connectivity index (χ4n) is 1.63. The zero-order chi connectivity index (χ0) is 16.3. The minimum absolute atomic E-state index is 0.107. The zero-order valence-corrected chi connectivity index (χ0v) is 10.9. The Morgan fingerprint density at radius 3 is 2.41 bits per heavy atom. The molecule has 1 aromatic carbocycles. The van der Waals surface area contributed by atoms with E-state index in [1.165, 1.54) is 24.3 Å². The molecule has 0 saturated heterocycles. The molecule has 0 radical (unpaired) electrons. The Kier molecular flexibility index (Phi) is 3.99. The number of aromatic nitrogens is 1. The van der Waals surface area contributed by atoms with Gasteiger partial charge in [-0.25, -0.2) is 0 Å². The van der Waals surface area contributed by atoms with Crippen LogP contribution in [0.15, 0.2) is 41.3 Å². The first kappa shape index (κ1) is 15.3. The third kappa shape index (κ3) is 3.32. The summed E-state index contributed by atoms with van der Waals surface area (Å²) in [5.41, 5.74) is -2.01. The van der Waals surface area contributed by atoms with Gasteiger partial charge >= 0.3 is 6.18 Å². The average molecular weight is 307 g/mol. The van der Waals surface area contributed by atoms with Crippen LogP contribution in [0.2, 0.25) is 0 Å². The summed E-state index contributed by atoms with van der Waals surface area (Å²) in [7, 11) is 0. The summed E-state index contributed by atoms with van der Waals surface area (Å²) in [6, 6.07) is 7.84. The van der Waals surface area contributed by atoms with Gasteiger partial charge in [-0.2, -0.15) is 18.4 Å². The molecule has 2 aromatic rings. The number of aromatic amines is 1. The molecule has 0 aliphatic heterocycles. The molecule has 5 nitrogen and oxygen atoms in total. The summed E-state index contributed by atoms with van der Waals surface area (Å²) < 4.78 is 37.7. The van der Waals surface area contributed by atoms with Gasteiger partial charge in [0.15, 0.2) is 0 Å². The molecular formula is C14H8F3N3O2. The minimum atomic E-state index is -4.64. The lowest BCUT2D eigenvalue weighted by Crippen LogP contribution is -2.21. The highest BCUT2D eigenvalue weighted by Crippen LogP contribution is 2.29. The van der Waals surface area contributed by atoms with E-state index < -0.39 is 28.9 Å². The number of alkyl halides is 3. The lowest BCUT2D eigenvalue weighted by atomic mass is 10.1. The van der Waals surface area contributed by atoms with Gasteiger partial charge in [-0.3, -0.25) is 9.59 Å². The third-order valence-electron chi connectivity index (χ3n) is 2.75. The van der Waals surface area contributed by atoms with Crippen LogP contribution in [0.25, 0.3) is 0 Å². The Morgan fingerprint density at radius 1 is 1.23 bits per heavy atom. The van der Waals surface area contributed by atoms with E-state index in [9.17, 15) is 22.8 Å². The number of halogens is 3. The molecule has 0 bridgehead atoms. The SMILES string of the molecule is N#Cc1ccc(C(=O)Nc2cc(C(F)(F)F)c[nH]c2=O)cc1. The lowest BCUT2D eigenvalue weighted by Gasteiger charge is -2.09. The first-order valence-corrected chi connectivity index (χ1v) is 5.92. The van der Waals surface area contributed by atoms with Gasteiger partial charge in [0.1, 0.15) is 5.69 Å². The van der Waals surface area contributed by atoms with Crippen LogP contribution >= 0.6 is 0 Å². The molecule has 0 aliphatic rings. The fourth-order valence-corrected chi connectivity index (χ4v) is 1.63. The van der Waals surface area contributed by atoms with E-state index >= 15 is 0 Å². The summed E-state index contributed by atoms with van der Waals surface area (Å²) >= 11 is 0. The van der Waals surface area contributed by atoms with Gasteiger partial charge in [0.05, 0.1) is 17.2 Å². The van der Waals surface area contributed by atoms with Crippen LogP contribution in [0, 0.1) is 11.3 Å². The second-order valence-corrected chi connectivity index (χ2v) is 4.27. The second kappa shape index (κ2) is 5.73. The van der Waals surface area contributed by atoms with Gasteiger partial charge in [0, 0.05) is 11.8 Å². The van der Waals surface area contributed by atoms with Crippen LogP contribution in [0.4, 0.5) is 18.9 Å². The monoisotopic (exact) mass is 307 g/mol. The summed E-state index contributed by atoms with van der Waals surface area (Å²) in [5.74, 6) is -0.755. The largest absolute Gasteiger partial charge is 0.417 e. The highest BCUT2D eigenvalue weighted by Gasteiger charge is 2.31. The van der Waals surface area contributed by atoms with Crippen molar-refractivity contribution in [1.82, 2.24) is 4.98 Å². The number of pyridine rings is 1. The maximum atomic E-state index is 12.6. The third-order valence-corrected chi connectivity index (χ3v) is 2.75. The predicted octanol–water partition coefficient (Wildman–Crippen LogP) is 2.52. The molecule has 112 valence electrons. The Hall–Kier alpha value is -3.08. The van der Waals surface area contributed by atoms with E-state index in [4.69, 9.17) is 5.26 Å². The Labute approximate surface area is 122 Å². The number of nitrogens with one attached hydrogen (secondary N) is 2. The van der Waals surface area contributed by atoms with Crippen LogP contribution in [0.1, 0.15) is 21.5 Å². The number of rotatable bonds is 2. The molecule has 0 unspecified atom stereocenters. The molecule has 2 N–H and O–H groups in total. The van der Waals surface area contributed by atoms with Gasteiger partial charge in [0.2, 0.25) is 0 Å². The number of benzene rings is 1. The molecule has 0 spiro atoms. The minimum Gasteiger partial charge on any atom is -0.327 e. The molecule has 1 amide bonds. The van der Waals surface area contributed by atoms with E-state index in [2.05, 4.69) is 5.32 Å². The summed E-state index contributed by atoms with van der Waals surface area (Å²) in [6.07, 6.45) is -4.11. The van der Waals surface area contributed by atoms with Crippen LogP contribution in [-0.4, -0.2) is 10.9 Å². The van der Waals surface area contributed by atoms with E-state index in [1.807, 2.05) is 11.1 Å². The molecule has 1 heterocycles. The van der Waals surface area contributed by atoms with Gasteiger partial charge in [-0.1, -0.05) is 0 Å². The van der Waals surface area contributed by atoms with Crippen molar-refractivity contribution in [2.75, 3.05) is 5.32 Å². The van der Waals surface area contributed by atoms with Crippen molar-refractivity contribution in [3.63, 3.8) is 0 Å². The van der Waals surface area contributed by atoms with E-state index in [-0.39, 0.29) is 5.56 Å². The number of hydrogen-bond acceptors (Lipinski definition) is 3. The smallest absolute Gasteiger partial charge is 0.327 e. The number of nitrogens with zero attached hydrogens (tertiary/aromatic N) is 1. The van der Waals surface area contributed by atoms with Crippen molar-refractivity contribution >= 4 is 11.6 Å². The highest BCUT2D eigenvalue weighted by molar-refractivity contribution is 6.04. The van der Waals surface area contributed by atoms with Crippen molar-refractivity contribution in [2.24, 2.45) is 0 Å². The number of amides is 1.